The van der Waals surface area contributed by atoms with Crippen molar-refractivity contribution < 1.29 is 32.6 Å². The van der Waals surface area contributed by atoms with Gasteiger partial charge in [0.1, 0.15) is 6.10 Å². The van der Waals surface area contributed by atoms with Crippen LogP contribution in [0.2, 0.25) is 10.0 Å². The number of carbonyl (C=O) groups is 2. The van der Waals surface area contributed by atoms with Crippen LogP contribution in [0.1, 0.15) is 44.6 Å². The number of ether oxygens (including phenoxy) is 3. The van der Waals surface area contributed by atoms with Gasteiger partial charge < -0.3 is 24.0 Å². The van der Waals surface area contributed by atoms with E-state index in [2.05, 4.69) is 4.98 Å². The van der Waals surface area contributed by atoms with Gasteiger partial charge in [0.2, 0.25) is 0 Å². The monoisotopic (exact) mass is 685 g/mol. The highest BCUT2D eigenvalue weighted by molar-refractivity contribution is 8.00. The lowest BCUT2D eigenvalue weighted by Crippen LogP contribution is -2.40. The Bertz CT molecular complexity index is 1470. The quantitative estimate of drug-likeness (QED) is 0.179. The van der Waals surface area contributed by atoms with Crippen LogP contribution in [0.5, 0.6) is 11.5 Å². The van der Waals surface area contributed by atoms with Crippen LogP contribution in [0.25, 0.3) is 0 Å². The Morgan fingerprint density at radius 2 is 1.86 bits per heavy atom. The van der Waals surface area contributed by atoms with Crippen molar-refractivity contribution in [2.24, 2.45) is 5.92 Å². The second-order valence-corrected chi connectivity index (χ2v) is 13.9. The highest BCUT2D eigenvalue weighted by atomic mass is 35.5. The van der Waals surface area contributed by atoms with E-state index in [0.717, 1.165) is 17.7 Å². The van der Waals surface area contributed by atoms with Gasteiger partial charge in [0.05, 0.1) is 21.5 Å². The smallest absolute Gasteiger partial charge is 0.387 e. The Kier molecular flexibility index (Phi) is 10.9. The van der Waals surface area contributed by atoms with E-state index in [-0.39, 0.29) is 33.9 Å². The van der Waals surface area contributed by atoms with E-state index in [1.807, 2.05) is 25.1 Å². The zero-order valence-corrected chi connectivity index (χ0v) is 27.2. The second-order valence-electron chi connectivity index (χ2n) is 10.8. The van der Waals surface area contributed by atoms with Crippen molar-refractivity contribution in [1.82, 2.24) is 14.8 Å². The number of amides is 1. The first-order valence-corrected chi connectivity index (χ1v) is 16.6. The summed E-state index contributed by atoms with van der Waals surface area (Å²) in [7, 11) is 3.91. The third kappa shape index (κ3) is 8.33. The lowest BCUT2D eigenvalue weighted by Gasteiger charge is -2.26. The number of pyridine rings is 1. The van der Waals surface area contributed by atoms with Crippen molar-refractivity contribution in [3.63, 3.8) is 0 Å². The maximum atomic E-state index is 13.7. The van der Waals surface area contributed by atoms with Crippen molar-refractivity contribution >= 4 is 58.2 Å². The zero-order chi connectivity index (χ0) is 31.4. The minimum atomic E-state index is -3.04. The van der Waals surface area contributed by atoms with E-state index in [9.17, 15) is 18.4 Å². The van der Waals surface area contributed by atoms with Crippen LogP contribution in [-0.2, 0) is 22.5 Å². The maximum Gasteiger partial charge on any atom is 0.387 e. The third-order valence-corrected chi connectivity index (χ3v) is 9.92. The molecule has 2 fully saturated rings. The molecular formula is C30H31Cl2F2N3O5S2. The number of halogens is 4. The Labute approximate surface area is 272 Å². The Morgan fingerprint density at radius 1 is 1.11 bits per heavy atom. The number of aromatic nitrogens is 1. The third-order valence-electron chi connectivity index (χ3n) is 7.03. The molecule has 2 aliphatic rings. The normalized spacial score (nSPS) is 17.3. The molecule has 8 nitrogen and oxygen atoms in total. The highest BCUT2D eigenvalue weighted by Gasteiger charge is 2.38. The lowest BCUT2D eigenvalue weighted by molar-refractivity contribution is -0.151. The standard InChI is InChI=1S/C30H31Cl2F2N3O5S2/c1-36(2)15-19-6-8-26(44-19)27(38)37-9-10-43-28(37)29(39)41-24(12-20-21(31)13-35-14-22(20)32)18-5-7-23(42-30(33)34)25(11-18)40-16-17-3-4-17/h5-8,11,13-14,17,24,28,30H,3-4,9-10,12,15-16H2,1-2H3. The molecule has 1 aliphatic carbocycles. The average Bonchev–Trinajstić information content (AvgIpc) is 3.46. The highest BCUT2D eigenvalue weighted by Crippen LogP contribution is 2.39. The molecule has 5 rings (SSSR count). The molecule has 1 aromatic carbocycles. The molecule has 14 heteroatoms. The fourth-order valence-electron chi connectivity index (χ4n) is 4.67. The van der Waals surface area contributed by atoms with Crippen LogP contribution in [0.4, 0.5) is 8.78 Å². The van der Waals surface area contributed by atoms with Crippen molar-refractivity contribution in [2.45, 2.75) is 43.9 Å². The van der Waals surface area contributed by atoms with Crippen LogP contribution < -0.4 is 9.47 Å². The predicted octanol–water partition coefficient (Wildman–Crippen LogP) is 6.94. The van der Waals surface area contributed by atoms with Crippen LogP contribution in [0.3, 0.4) is 0 Å². The number of esters is 1. The summed E-state index contributed by atoms with van der Waals surface area (Å²) in [6, 6.07) is 8.12. The molecular weight excluding hydrogens is 655 g/mol. The van der Waals surface area contributed by atoms with Crippen molar-refractivity contribution in [3.05, 3.63) is 73.7 Å². The van der Waals surface area contributed by atoms with Gasteiger partial charge in [-0.25, -0.2) is 4.79 Å². The number of carbonyl (C=O) groups excluding carboxylic acids is 2. The van der Waals surface area contributed by atoms with E-state index in [4.69, 9.17) is 37.4 Å². The summed E-state index contributed by atoms with van der Waals surface area (Å²) in [5.74, 6) is 0.0421. The molecule has 1 aliphatic heterocycles. The number of benzene rings is 1. The molecule has 3 aromatic rings. The van der Waals surface area contributed by atoms with Crippen LogP contribution in [-0.4, -0.2) is 71.6 Å². The van der Waals surface area contributed by atoms with Crippen LogP contribution in [0.15, 0.2) is 42.7 Å². The molecule has 1 saturated carbocycles. The summed E-state index contributed by atoms with van der Waals surface area (Å²) >= 11 is 15.6. The molecule has 0 bridgehead atoms. The number of nitrogens with zero attached hydrogens (tertiary/aromatic N) is 3. The van der Waals surface area contributed by atoms with Gasteiger partial charge in [-0.15, -0.1) is 23.1 Å². The molecule has 3 heterocycles. The molecule has 2 atom stereocenters. The number of alkyl halides is 2. The number of hydrogen-bond acceptors (Lipinski definition) is 9. The lowest BCUT2D eigenvalue weighted by atomic mass is 10.0. The van der Waals surface area contributed by atoms with Gasteiger partial charge in [-0.3, -0.25) is 9.78 Å². The first kappa shape index (κ1) is 32.7. The molecule has 2 unspecified atom stereocenters. The van der Waals surface area contributed by atoms with Gasteiger partial charge in [-0.05, 0) is 68.2 Å². The topological polar surface area (TPSA) is 81.2 Å². The van der Waals surface area contributed by atoms with E-state index >= 15 is 0 Å². The molecule has 0 N–H and O–H groups in total. The van der Waals surface area contributed by atoms with Gasteiger partial charge in [0, 0.05) is 42.5 Å². The van der Waals surface area contributed by atoms with Gasteiger partial charge in [0.25, 0.3) is 5.91 Å². The summed E-state index contributed by atoms with van der Waals surface area (Å²) in [5.41, 5.74) is 0.954. The van der Waals surface area contributed by atoms with Gasteiger partial charge >= 0.3 is 12.6 Å². The summed E-state index contributed by atoms with van der Waals surface area (Å²) in [5, 5.41) is -0.320. The zero-order valence-electron chi connectivity index (χ0n) is 24.0. The number of rotatable bonds is 13. The summed E-state index contributed by atoms with van der Waals surface area (Å²) in [6.45, 7) is -1.61. The SMILES string of the molecule is CN(C)Cc1ccc(C(=O)N2CCSC2C(=O)OC(Cc2c(Cl)cncc2Cl)c2ccc(OC(F)F)c(OCC3CC3)c2)s1. The van der Waals surface area contributed by atoms with Crippen molar-refractivity contribution in [2.75, 3.05) is 33.0 Å². The van der Waals surface area contributed by atoms with E-state index in [1.165, 1.54) is 58.6 Å². The Balaban J connectivity index is 1.41. The first-order chi connectivity index (χ1) is 21.1. The molecule has 44 heavy (non-hydrogen) atoms. The number of thiophene rings is 1. The number of thioether (sulfide) groups is 1. The van der Waals surface area contributed by atoms with Crippen LogP contribution >= 0.6 is 46.3 Å². The second kappa shape index (κ2) is 14.6. The summed E-state index contributed by atoms with van der Waals surface area (Å²) in [6.07, 6.45) is 3.98. The average molecular weight is 687 g/mol. The van der Waals surface area contributed by atoms with Gasteiger partial charge in [0.15, 0.2) is 16.9 Å². The molecule has 2 aromatic heterocycles. The van der Waals surface area contributed by atoms with Crippen LogP contribution in [0, 0.1) is 5.92 Å². The van der Waals surface area contributed by atoms with E-state index < -0.39 is 24.1 Å². The van der Waals surface area contributed by atoms with Gasteiger partial charge in [-0.2, -0.15) is 8.78 Å². The maximum absolute atomic E-state index is 13.7. The Hall–Kier alpha value is -2.64. The van der Waals surface area contributed by atoms with Crippen molar-refractivity contribution in [1.29, 1.82) is 0 Å². The minimum absolute atomic E-state index is 0.0627. The van der Waals surface area contributed by atoms with E-state index in [0.29, 0.717) is 47.4 Å². The molecule has 0 radical (unpaired) electrons. The molecule has 1 saturated heterocycles. The van der Waals surface area contributed by atoms with Gasteiger partial charge in [-0.1, -0.05) is 29.3 Å². The fourth-order valence-corrected chi connectivity index (χ4v) is 7.37. The summed E-state index contributed by atoms with van der Waals surface area (Å²) < 4.78 is 42.9. The predicted molar refractivity (Wildman–Crippen MR) is 167 cm³/mol. The number of hydrogen-bond donors (Lipinski definition) is 0. The molecule has 236 valence electrons. The minimum Gasteiger partial charge on any atom is -0.489 e. The van der Waals surface area contributed by atoms with Crippen molar-refractivity contribution in [3.8, 4) is 11.5 Å². The van der Waals surface area contributed by atoms with E-state index in [1.54, 1.807) is 6.07 Å². The molecule has 1 amide bonds. The Morgan fingerprint density at radius 3 is 2.55 bits per heavy atom. The largest absolute Gasteiger partial charge is 0.489 e. The summed E-state index contributed by atoms with van der Waals surface area (Å²) in [4.78, 5) is 36.3. The first-order valence-electron chi connectivity index (χ1n) is 13.9. The molecule has 0 spiro atoms. The fraction of sp³-hybridized carbons (Fsp3) is 0.433.